The fraction of sp³-hybridized carbons (Fsp3) is 0.231. The number of pyridine rings is 1. The molecular formula is C13H12BrNO3. The zero-order valence-electron chi connectivity index (χ0n) is 10.1. The number of aromatic nitrogens is 1. The first kappa shape index (κ1) is 12.8. The Kier molecular flexibility index (Phi) is 3.81. The number of hydrogen-bond donors (Lipinski definition) is 0. The highest BCUT2D eigenvalue weighted by atomic mass is 79.9. The van der Waals surface area contributed by atoms with E-state index in [4.69, 9.17) is 4.74 Å². The molecule has 0 atom stereocenters. The van der Waals surface area contributed by atoms with Gasteiger partial charge in [0.15, 0.2) is 0 Å². The Morgan fingerprint density at radius 1 is 1.39 bits per heavy atom. The Morgan fingerprint density at radius 2 is 2.17 bits per heavy atom. The van der Waals surface area contributed by atoms with Crippen molar-refractivity contribution in [1.82, 2.24) is 4.98 Å². The Hall–Kier alpha value is -1.62. The molecule has 0 aliphatic heterocycles. The van der Waals surface area contributed by atoms with Crippen molar-refractivity contribution >= 4 is 32.8 Å². The normalized spacial score (nSPS) is 10.4. The van der Waals surface area contributed by atoms with Crippen LogP contribution in [0.15, 0.2) is 28.9 Å². The van der Waals surface area contributed by atoms with E-state index in [0.29, 0.717) is 12.2 Å². The average Bonchev–Trinajstić information content (AvgIpc) is 2.37. The molecule has 0 fully saturated rings. The van der Waals surface area contributed by atoms with E-state index in [1.807, 2.05) is 19.1 Å². The fourth-order valence-electron chi connectivity index (χ4n) is 1.66. The molecule has 1 heterocycles. The summed E-state index contributed by atoms with van der Waals surface area (Å²) in [6, 6.07) is 5.45. The first-order valence-electron chi connectivity index (χ1n) is 5.46. The van der Waals surface area contributed by atoms with Crippen LogP contribution >= 0.6 is 15.9 Å². The van der Waals surface area contributed by atoms with Crippen molar-refractivity contribution in [3.8, 4) is 5.75 Å². The zero-order chi connectivity index (χ0) is 13.1. The lowest BCUT2D eigenvalue weighted by molar-refractivity contribution is 0.0600. The molecule has 0 radical (unpaired) electrons. The van der Waals surface area contributed by atoms with E-state index in [9.17, 15) is 4.79 Å². The summed E-state index contributed by atoms with van der Waals surface area (Å²) in [7, 11) is 1.35. The van der Waals surface area contributed by atoms with Crippen molar-refractivity contribution in [2.24, 2.45) is 0 Å². The van der Waals surface area contributed by atoms with Crippen molar-refractivity contribution in [3.05, 3.63) is 34.4 Å². The lowest BCUT2D eigenvalue weighted by atomic mass is 10.1. The van der Waals surface area contributed by atoms with Crippen LogP contribution in [0.5, 0.6) is 5.75 Å². The molecule has 0 bridgehead atoms. The van der Waals surface area contributed by atoms with Gasteiger partial charge in [-0.1, -0.05) is 0 Å². The summed E-state index contributed by atoms with van der Waals surface area (Å²) in [6.45, 7) is 2.50. The van der Waals surface area contributed by atoms with Crippen LogP contribution in [-0.2, 0) is 4.74 Å². The van der Waals surface area contributed by atoms with E-state index >= 15 is 0 Å². The van der Waals surface area contributed by atoms with E-state index in [1.165, 1.54) is 13.3 Å². The van der Waals surface area contributed by atoms with Gasteiger partial charge in [-0.2, -0.15) is 0 Å². The molecule has 2 aromatic rings. The Morgan fingerprint density at radius 3 is 2.83 bits per heavy atom. The number of rotatable bonds is 3. The third kappa shape index (κ3) is 2.46. The maximum Gasteiger partial charge on any atom is 0.339 e. The standard InChI is InChI=1S/C13H12BrNO3/c1-3-18-10-5-8-4-9(13(16)17-2)7-15-12(8)11(14)6-10/h4-7H,3H2,1-2H3. The molecule has 0 spiro atoms. The molecule has 94 valence electrons. The average molecular weight is 310 g/mol. The molecule has 4 nitrogen and oxygen atoms in total. The van der Waals surface area contributed by atoms with Crippen molar-refractivity contribution in [1.29, 1.82) is 0 Å². The summed E-state index contributed by atoms with van der Waals surface area (Å²) in [5.74, 6) is 0.336. The number of benzene rings is 1. The monoisotopic (exact) mass is 309 g/mol. The molecule has 1 aromatic heterocycles. The van der Waals surface area contributed by atoms with Gasteiger partial charge in [-0.15, -0.1) is 0 Å². The second-order valence-electron chi connectivity index (χ2n) is 3.63. The van der Waals surface area contributed by atoms with Crippen molar-refractivity contribution in [2.45, 2.75) is 6.92 Å². The Bertz CT molecular complexity index is 598. The number of ether oxygens (including phenoxy) is 2. The molecule has 0 aliphatic carbocycles. The highest BCUT2D eigenvalue weighted by Crippen LogP contribution is 2.28. The van der Waals surface area contributed by atoms with E-state index in [0.717, 1.165) is 21.1 Å². The molecule has 2 rings (SSSR count). The first-order valence-corrected chi connectivity index (χ1v) is 6.25. The molecule has 0 saturated carbocycles. The third-order valence-corrected chi connectivity index (χ3v) is 3.05. The molecule has 0 unspecified atom stereocenters. The number of fused-ring (bicyclic) bond motifs is 1. The second kappa shape index (κ2) is 5.35. The number of methoxy groups -OCH3 is 1. The van der Waals surface area contributed by atoms with E-state index in [-0.39, 0.29) is 0 Å². The number of hydrogen-bond acceptors (Lipinski definition) is 4. The minimum atomic E-state index is -0.401. The van der Waals surface area contributed by atoms with Crippen LogP contribution in [0, 0.1) is 0 Å². The smallest absolute Gasteiger partial charge is 0.339 e. The van der Waals surface area contributed by atoms with Crippen molar-refractivity contribution in [3.63, 3.8) is 0 Å². The van der Waals surface area contributed by atoms with Crippen LogP contribution in [0.1, 0.15) is 17.3 Å². The van der Waals surface area contributed by atoms with Gasteiger partial charge in [-0.05, 0) is 41.1 Å². The highest BCUT2D eigenvalue weighted by molar-refractivity contribution is 9.10. The summed E-state index contributed by atoms with van der Waals surface area (Å²) < 4.78 is 11.0. The second-order valence-corrected chi connectivity index (χ2v) is 4.48. The van der Waals surface area contributed by atoms with Gasteiger partial charge in [0.25, 0.3) is 0 Å². The van der Waals surface area contributed by atoms with Gasteiger partial charge in [0.1, 0.15) is 5.75 Å². The van der Waals surface area contributed by atoms with Crippen LogP contribution in [-0.4, -0.2) is 24.7 Å². The minimum absolute atomic E-state index is 0.401. The number of halogens is 1. The predicted octanol–water partition coefficient (Wildman–Crippen LogP) is 3.18. The van der Waals surface area contributed by atoms with Crippen LogP contribution in [0.3, 0.4) is 0 Å². The zero-order valence-corrected chi connectivity index (χ0v) is 11.7. The maximum absolute atomic E-state index is 11.4. The van der Waals surface area contributed by atoms with Gasteiger partial charge in [-0.3, -0.25) is 4.98 Å². The largest absolute Gasteiger partial charge is 0.494 e. The lowest BCUT2D eigenvalue weighted by Gasteiger charge is -2.07. The van der Waals surface area contributed by atoms with Gasteiger partial charge >= 0.3 is 5.97 Å². The summed E-state index contributed by atoms with van der Waals surface area (Å²) in [5.41, 5.74) is 1.21. The molecular weight excluding hydrogens is 298 g/mol. The topological polar surface area (TPSA) is 48.4 Å². The number of carbonyl (C=O) groups is 1. The number of carbonyl (C=O) groups excluding carboxylic acids is 1. The van der Waals surface area contributed by atoms with E-state index in [2.05, 4.69) is 25.7 Å². The van der Waals surface area contributed by atoms with Gasteiger partial charge in [-0.25, -0.2) is 4.79 Å². The molecule has 0 saturated heterocycles. The molecule has 0 N–H and O–H groups in total. The number of esters is 1. The molecule has 0 aliphatic rings. The molecule has 1 aromatic carbocycles. The van der Waals surface area contributed by atoms with Gasteiger partial charge in [0.05, 0.1) is 24.8 Å². The van der Waals surface area contributed by atoms with Crippen molar-refractivity contribution < 1.29 is 14.3 Å². The van der Waals surface area contributed by atoms with E-state index < -0.39 is 5.97 Å². The fourth-order valence-corrected chi connectivity index (χ4v) is 2.22. The minimum Gasteiger partial charge on any atom is -0.494 e. The van der Waals surface area contributed by atoms with Gasteiger partial charge < -0.3 is 9.47 Å². The SMILES string of the molecule is CCOc1cc(Br)c2ncc(C(=O)OC)cc2c1. The lowest BCUT2D eigenvalue weighted by Crippen LogP contribution is -2.02. The van der Waals surface area contributed by atoms with Crippen LogP contribution in [0.2, 0.25) is 0 Å². The summed E-state index contributed by atoms with van der Waals surface area (Å²) in [4.78, 5) is 15.7. The first-order chi connectivity index (χ1) is 8.65. The van der Waals surface area contributed by atoms with Crippen LogP contribution in [0.25, 0.3) is 10.9 Å². The quantitative estimate of drug-likeness (QED) is 0.817. The highest BCUT2D eigenvalue weighted by Gasteiger charge is 2.10. The van der Waals surface area contributed by atoms with Gasteiger partial charge in [0.2, 0.25) is 0 Å². The van der Waals surface area contributed by atoms with Crippen LogP contribution in [0.4, 0.5) is 0 Å². The third-order valence-electron chi connectivity index (χ3n) is 2.44. The Labute approximate surface area is 113 Å². The summed E-state index contributed by atoms with van der Waals surface area (Å²) in [6.07, 6.45) is 1.50. The van der Waals surface area contributed by atoms with Crippen LogP contribution < -0.4 is 4.74 Å². The van der Waals surface area contributed by atoms with E-state index in [1.54, 1.807) is 6.07 Å². The maximum atomic E-state index is 11.4. The van der Waals surface area contributed by atoms with Gasteiger partial charge in [0, 0.05) is 16.1 Å². The molecule has 0 amide bonds. The Balaban J connectivity index is 2.56. The number of nitrogens with zero attached hydrogens (tertiary/aromatic N) is 1. The molecule has 18 heavy (non-hydrogen) atoms. The predicted molar refractivity (Wildman–Crippen MR) is 72.0 cm³/mol. The molecule has 5 heteroatoms. The summed E-state index contributed by atoms with van der Waals surface area (Å²) in [5, 5.41) is 0.829. The summed E-state index contributed by atoms with van der Waals surface area (Å²) >= 11 is 3.44. The van der Waals surface area contributed by atoms with Crippen molar-refractivity contribution in [2.75, 3.05) is 13.7 Å².